The van der Waals surface area contributed by atoms with Crippen LogP contribution in [0, 0.1) is 0 Å². The van der Waals surface area contributed by atoms with Crippen LogP contribution < -0.4 is 10.6 Å². The minimum Gasteiger partial charge on any atom is -0.392 e. The molecule has 0 spiro atoms. The van der Waals surface area contributed by atoms with Crippen LogP contribution in [0.3, 0.4) is 0 Å². The molecule has 3 N–H and O–H groups in total. The van der Waals surface area contributed by atoms with Crippen LogP contribution in [0.4, 0.5) is 11.4 Å². The number of nitrogens with zero attached hydrogens (tertiary/aromatic N) is 1. The number of hydrogen-bond donors (Lipinski definition) is 3. The molecule has 0 aliphatic heterocycles. The molecule has 5 heteroatoms. The number of rotatable bonds is 6. The highest BCUT2D eigenvalue weighted by Gasteiger charge is 2.11. The summed E-state index contributed by atoms with van der Waals surface area (Å²) < 4.78 is 0. The van der Waals surface area contributed by atoms with Gasteiger partial charge in [-0.15, -0.1) is 0 Å². The van der Waals surface area contributed by atoms with Gasteiger partial charge in [0.1, 0.15) is 0 Å². The average Bonchev–Trinajstić information content (AvgIpc) is 2.54. The van der Waals surface area contributed by atoms with Crippen molar-refractivity contribution in [3.05, 3.63) is 53.9 Å². The Balaban J connectivity index is 2.12. The van der Waals surface area contributed by atoms with Crippen LogP contribution in [0.15, 0.2) is 42.7 Å². The molecule has 0 fully saturated rings. The molecule has 0 unspecified atom stereocenters. The molecule has 1 amide bonds. The van der Waals surface area contributed by atoms with Gasteiger partial charge in [-0.3, -0.25) is 9.78 Å². The van der Waals surface area contributed by atoms with Gasteiger partial charge in [0.2, 0.25) is 0 Å². The second-order valence-corrected chi connectivity index (χ2v) is 4.66. The van der Waals surface area contributed by atoms with Gasteiger partial charge in [-0.1, -0.05) is 19.1 Å². The first-order valence-corrected chi connectivity index (χ1v) is 6.93. The first-order chi connectivity index (χ1) is 10.2. The van der Waals surface area contributed by atoms with E-state index in [1.54, 1.807) is 42.7 Å². The minimum atomic E-state index is -0.187. The van der Waals surface area contributed by atoms with Gasteiger partial charge in [-0.25, -0.2) is 0 Å². The van der Waals surface area contributed by atoms with Crippen molar-refractivity contribution >= 4 is 17.3 Å². The molecule has 2 aromatic rings. The Hall–Kier alpha value is -2.40. The summed E-state index contributed by atoms with van der Waals surface area (Å²) in [7, 11) is 0. The number of aliphatic hydroxyl groups is 1. The Labute approximate surface area is 124 Å². The van der Waals surface area contributed by atoms with E-state index in [0.29, 0.717) is 11.3 Å². The lowest BCUT2D eigenvalue weighted by Crippen LogP contribution is -2.15. The number of carbonyl (C=O) groups is 1. The first kappa shape index (κ1) is 15.0. The van der Waals surface area contributed by atoms with Crippen molar-refractivity contribution in [2.45, 2.75) is 20.0 Å². The zero-order valence-corrected chi connectivity index (χ0v) is 12.0. The Morgan fingerprint density at radius 1 is 1.24 bits per heavy atom. The average molecular weight is 285 g/mol. The highest BCUT2D eigenvalue weighted by molar-refractivity contribution is 6.07. The third-order valence-corrected chi connectivity index (χ3v) is 3.03. The predicted octanol–water partition coefficient (Wildman–Crippen LogP) is 2.65. The Morgan fingerprint density at radius 2 is 2.00 bits per heavy atom. The molecule has 110 valence electrons. The molecule has 2 rings (SSSR count). The number of aliphatic hydroxyl groups excluding tert-OH is 1. The zero-order valence-electron chi connectivity index (χ0n) is 12.0. The van der Waals surface area contributed by atoms with Crippen molar-refractivity contribution in [2.24, 2.45) is 0 Å². The van der Waals surface area contributed by atoms with Crippen molar-refractivity contribution in [3.8, 4) is 0 Å². The van der Waals surface area contributed by atoms with Gasteiger partial charge in [-0.05, 0) is 30.2 Å². The van der Waals surface area contributed by atoms with Crippen molar-refractivity contribution in [2.75, 3.05) is 17.2 Å². The minimum absolute atomic E-state index is 0.0103. The maximum atomic E-state index is 12.3. The van der Waals surface area contributed by atoms with Crippen LogP contribution in [0.25, 0.3) is 0 Å². The number of anilines is 2. The molecule has 1 aromatic heterocycles. The van der Waals surface area contributed by atoms with Gasteiger partial charge < -0.3 is 15.7 Å². The van der Waals surface area contributed by atoms with Crippen LogP contribution >= 0.6 is 0 Å². The van der Waals surface area contributed by atoms with E-state index < -0.39 is 0 Å². The molecule has 21 heavy (non-hydrogen) atoms. The smallest absolute Gasteiger partial charge is 0.257 e. The summed E-state index contributed by atoms with van der Waals surface area (Å²) in [5.41, 5.74) is 2.78. The first-order valence-electron chi connectivity index (χ1n) is 6.93. The third-order valence-electron chi connectivity index (χ3n) is 3.03. The zero-order chi connectivity index (χ0) is 15.1. The van der Waals surface area contributed by atoms with E-state index >= 15 is 0 Å². The summed E-state index contributed by atoms with van der Waals surface area (Å²) in [4.78, 5) is 16.4. The fourth-order valence-electron chi connectivity index (χ4n) is 1.88. The van der Waals surface area contributed by atoms with E-state index in [1.165, 1.54) is 0 Å². The number of aromatic nitrogens is 1. The molecular weight excluding hydrogens is 266 g/mol. The second kappa shape index (κ2) is 7.40. The summed E-state index contributed by atoms with van der Waals surface area (Å²) >= 11 is 0. The monoisotopic (exact) mass is 285 g/mol. The summed E-state index contributed by atoms with van der Waals surface area (Å²) in [5, 5.41) is 15.0. The van der Waals surface area contributed by atoms with E-state index in [1.807, 2.05) is 0 Å². The van der Waals surface area contributed by atoms with Gasteiger partial charge in [0, 0.05) is 18.4 Å². The lowest BCUT2D eigenvalue weighted by molar-refractivity contribution is 0.102. The fourth-order valence-corrected chi connectivity index (χ4v) is 1.88. The molecule has 0 saturated heterocycles. The van der Waals surface area contributed by atoms with Crippen LogP contribution in [0.5, 0.6) is 0 Å². The van der Waals surface area contributed by atoms with Crippen LogP contribution in [-0.4, -0.2) is 22.5 Å². The number of hydrogen-bond acceptors (Lipinski definition) is 4. The Kier molecular flexibility index (Phi) is 5.29. The summed E-state index contributed by atoms with van der Waals surface area (Å²) in [5.74, 6) is -0.187. The second-order valence-electron chi connectivity index (χ2n) is 4.66. The summed E-state index contributed by atoms with van der Waals surface area (Å²) in [6.07, 6.45) is 4.22. The van der Waals surface area contributed by atoms with Crippen LogP contribution in [0.2, 0.25) is 0 Å². The highest BCUT2D eigenvalue weighted by atomic mass is 16.3. The van der Waals surface area contributed by atoms with Gasteiger partial charge in [0.05, 0.1) is 24.1 Å². The van der Waals surface area contributed by atoms with Crippen LogP contribution in [0.1, 0.15) is 29.3 Å². The number of pyridine rings is 1. The summed E-state index contributed by atoms with van der Waals surface area (Å²) in [6, 6.07) is 8.78. The van der Waals surface area contributed by atoms with Crippen molar-refractivity contribution in [1.82, 2.24) is 4.98 Å². The van der Waals surface area contributed by atoms with E-state index in [9.17, 15) is 4.79 Å². The van der Waals surface area contributed by atoms with Crippen LogP contribution in [-0.2, 0) is 6.61 Å². The van der Waals surface area contributed by atoms with Gasteiger partial charge in [0.25, 0.3) is 5.91 Å². The van der Waals surface area contributed by atoms with E-state index in [2.05, 4.69) is 22.5 Å². The highest BCUT2D eigenvalue weighted by Crippen LogP contribution is 2.16. The largest absolute Gasteiger partial charge is 0.392 e. The molecule has 0 radical (unpaired) electrons. The maximum absolute atomic E-state index is 12.3. The molecular formula is C16H19N3O2. The fraction of sp³-hybridized carbons (Fsp3) is 0.250. The molecule has 0 atom stereocenters. The van der Waals surface area contributed by atoms with E-state index in [0.717, 1.165) is 24.2 Å². The predicted molar refractivity (Wildman–Crippen MR) is 83.3 cm³/mol. The van der Waals surface area contributed by atoms with Crippen molar-refractivity contribution < 1.29 is 9.90 Å². The molecule has 0 saturated carbocycles. The lowest BCUT2D eigenvalue weighted by atomic mass is 10.2. The lowest BCUT2D eigenvalue weighted by Gasteiger charge is -2.11. The van der Waals surface area contributed by atoms with Gasteiger partial charge in [-0.2, -0.15) is 0 Å². The molecule has 0 aliphatic carbocycles. The third kappa shape index (κ3) is 4.03. The van der Waals surface area contributed by atoms with E-state index in [4.69, 9.17) is 5.11 Å². The quantitative estimate of drug-likeness (QED) is 0.763. The molecule has 0 aliphatic rings. The molecule has 1 aromatic carbocycles. The standard InChI is InChI=1S/C16H19N3O2/c1-2-8-18-15-10-17-9-7-14(15)16(21)19-13-5-3-12(11-20)4-6-13/h3-7,9-10,18,20H,2,8,11H2,1H3,(H,19,21). The van der Waals surface area contributed by atoms with E-state index in [-0.39, 0.29) is 12.5 Å². The van der Waals surface area contributed by atoms with Gasteiger partial charge >= 0.3 is 0 Å². The molecule has 0 bridgehead atoms. The normalized spacial score (nSPS) is 10.2. The summed E-state index contributed by atoms with van der Waals surface area (Å²) in [6.45, 7) is 2.84. The number of carbonyl (C=O) groups excluding carboxylic acids is 1. The SMILES string of the molecule is CCCNc1cnccc1C(=O)Nc1ccc(CO)cc1. The number of benzene rings is 1. The Bertz CT molecular complexity index is 597. The molecule has 1 heterocycles. The van der Waals surface area contributed by atoms with Gasteiger partial charge in [0.15, 0.2) is 0 Å². The topological polar surface area (TPSA) is 74.2 Å². The number of amides is 1. The maximum Gasteiger partial charge on any atom is 0.257 e. The van der Waals surface area contributed by atoms with Crippen molar-refractivity contribution in [1.29, 1.82) is 0 Å². The number of nitrogens with one attached hydrogen (secondary N) is 2. The van der Waals surface area contributed by atoms with Crippen molar-refractivity contribution in [3.63, 3.8) is 0 Å². The molecule has 5 nitrogen and oxygen atoms in total. The Morgan fingerprint density at radius 3 is 2.67 bits per heavy atom.